The first-order valence-electron chi connectivity index (χ1n) is 9.36. The third-order valence-corrected chi connectivity index (χ3v) is 6.31. The molecule has 0 saturated carbocycles. The molecule has 0 bridgehead atoms. The molecule has 1 amide bonds. The number of hydrogen-bond donors (Lipinski definition) is 2. The fraction of sp³-hybridized carbons (Fsp3) is 0.474. The fourth-order valence-corrected chi connectivity index (χ4v) is 5.02. The maximum Gasteiger partial charge on any atom is 0.341 e. The molecule has 0 aliphatic heterocycles. The van der Waals surface area contributed by atoms with Crippen LogP contribution >= 0.6 is 23.6 Å². The molecule has 2 heterocycles. The van der Waals surface area contributed by atoms with Gasteiger partial charge in [-0.05, 0) is 56.0 Å². The fourth-order valence-electron chi connectivity index (χ4n) is 3.41. The maximum atomic E-state index is 12.6. The van der Waals surface area contributed by atoms with Gasteiger partial charge < -0.3 is 10.1 Å². The van der Waals surface area contributed by atoms with Gasteiger partial charge in [0.25, 0.3) is 5.91 Å². The summed E-state index contributed by atoms with van der Waals surface area (Å²) in [5.74, 6) is -0.0775. The van der Waals surface area contributed by atoms with Crippen LogP contribution in [0.4, 0.5) is 5.00 Å². The lowest BCUT2D eigenvalue weighted by Crippen LogP contribution is -2.35. The predicted octanol–water partition coefficient (Wildman–Crippen LogP) is 3.30. The minimum atomic E-state index is -0.359. The van der Waals surface area contributed by atoms with E-state index in [9.17, 15) is 9.59 Å². The van der Waals surface area contributed by atoms with Gasteiger partial charge >= 0.3 is 5.97 Å². The van der Waals surface area contributed by atoms with Crippen molar-refractivity contribution >= 4 is 45.5 Å². The van der Waals surface area contributed by atoms with Crippen LogP contribution in [0.5, 0.6) is 0 Å². The van der Waals surface area contributed by atoms with Crippen molar-refractivity contribution in [2.24, 2.45) is 13.0 Å². The largest absolute Gasteiger partial charge is 0.462 e. The van der Waals surface area contributed by atoms with E-state index in [2.05, 4.69) is 22.7 Å². The molecule has 1 aliphatic carbocycles. The summed E-state index contributed by atoms with van der Waals surface area (Å²) < 4.78 is 6.74. The van der Waals surface area contributed by atoms with Gasteiger partial charge in [0.05, 0.1) is 12.2 Å². The van der Waals surface area contributed by atoms with Crippen LogP contribution in [0.1, 0.15) is 58.0 Å². The highest BCUT2D eigenvalue weighted by Crippen LogP contribution is 2.40. The second-order valence-corrected chi connectivity index (χ2v) is 8.21. The quantitative estimate of drug-likeness (QED) is 0.570. The molecule has 0 aromatic carbocycles. The van der Waals surface area contributed by atoms with Gasteiger partial charge in [-0.15, -0.1) is 11.3 Å². The number of aromatic nitrogens is 2. The molecule has 7 nitrogen and oxygen atoms in total. The number of esters is 1. The van der Waals surface area contributed by atoms with Gasteiger partial charge in [0.1, 0.15) is 10.7 Å². The van der Waals surface area contributed by atoms with Crippen molar-refractivity contribution in [1.29, 1.82) is 0 Å². The van der Waals surface area contributed by atoms with Crippen LogP contribution < -0.4 is 10.6 Å². The summed E-state index contributed by atoms with van der Waals surface area (Å²) in [4.78, 5) is 26.1. The zero-order chi connectivity index (χ0) is 20.3. The zero-order valence-corrected chi connectivity index (χ0v) is 17.8. The van der Waals surface area contributed by atoms with Crippen LogP contribution in [0.2, 0.25) is 0 Å². The molecule has 0 radical (unpaired) electrons. The monoisotopic (exact) mass is 420 g/mol. The number of fused-ring (bicyclic) bond motifs is 1. The van der Waals surface area contributed by atoms with E-state index in [0.29, 0.717) is 28.8 Å². The van der Waals surface area contributed by atoms with Crippen LogP contribution in [-0.4, -0.2) is 33.4 Å². The Hall–Kier alpha value is -2.26. The molecule has 0 unspecified atom stereocenters. The van der Waals surface area contributed by atoms with Gasteiger partial charge in [-0.3, -0.25) is 14.8 Å². The van der Waals surface area contributed by atoms with Crippen molar-refractivity contribution in [3.05, 3.63) is 34.0 Å². The number of ether oxygens (including phenoxy) is 1. The summed E-state index contributed by atoms with van der Waals surface area (Å²) in [7, 11) is 1.68. The lowest BCUT2D eigenvalue weighted by atomic mass is 9.86. The smallest absolute Gasteiger partial charge is 0.341 e. The first-order valence-corrected chi connectivity index (χ1v) is 10.6. The number of nitrogens with zero attached hydrogens (tertiary/aromatic N) is 2. The van der Waals surface area contributed by atoms with Crippen molar-refractivity contribution in [3.8, 4) is 0 Å². The number of aryl methyl sites for hydroxylation is 1. The lowest BCUT2D eigenvalue weighted by Gasteiger charge is -2.21. The van der Waals surface area contributed by atoms with E-state index < -0.39 is 0 Å². The number of nitrogens with one attached hydrogen (secondary N) is 2. The SMILES string of the molecule is CCOC(=O)c1c(NC(=S)NC(=O)c2ccnn2C)sc2c1CC[C@@H](CC)C2. The molecule has 1 aliphatic rings. The molecule has 0 spiro atoms. The Bertz CT molecular complexity index is 903. The summed E-state index contributed by atoms with van der Waals surface area (Å²) in [6.07, 6.45) is 5.54. The number of thiocarbonyl (C=S) groups is 1. The summed E-state index contributed by atoms with van der Waals surface area (Å²) in [6, 6.07) is 1.61. The second kappa shape index (κ2) is 8.83. The van der Waals surface area contributed by atoms with Gasteiger partial charge in [0.15, 0.2) is 5.11 Å². The van der Waals surface area contributed by atoms with Crippen molar-refractivity contribution in [3.63, 3.8) is 0 Å². The van der Waals surface area contributed by atoms with Crippen LogP contribution in [-0.2, 0) is 24.6 Å². The third-order valence-electron chi connectivity index (χ3n) is 4.93. The van der Waals surface area contributed by atoms with E-state index in [0.717, 1.165) is 31.2 Å². The number of thiophene rings is 1. The average molecular weight is 421 g/mol. The molecule has 1 atom stereocenters. The first kappa shape index (κ1) is 20.5. The minimum Gasteiger partial charge on any atom is -0.462 e. The number of hydrogen-bond acceptors (Lipinski definition) is 6. The predicted molar refractivity (Wildman–Crippen MR) is 113 cm³/mol. The average Bonchev–Trinajstić information content (AvgIpc) is 3.23. The number of carbonyl (C=O) groups excluding carboxylic acids is 2. The van der Waals surface area contributed by atoms with Gasteiger partial charge in [-0.1, -0.05) is 13.3 Å². The lowest BCUT2D eigenvalue weighted by molar-refractivity contribution is 0.0526. The van der Waals surface area contributed by atoms with E-state index in [1.165, 1.54) is 20.9 Å². The highest BCUT2D eigenvalue weighted by molar-refractivity contribution is 7.80. The number of amides is 1. The Labute approximate surface area is 173 Å². The highest BCUT2D eigenvalue weighted by atomic mass is 32.1. The molecule has 2 aromatic heterocycles. The molecule has 28 heavy (non-hydrogen) atoms. The van der Waals surface area contributed by atoms with Crippen LogP contribution in [0, 0.1) is 5.92 Å². The molecule has 2 N–H and O–H groups in total. The molecule has 2 aromatic rings. The van der Waals surface area contributed by atoms with Gasteiger partial charge in [-0.2, -0.15) is 5.10 Å². The van der Waals surface area contributed by atoms with Crippen molar-refractivity contribution < 1.29 is 14.3 Å². The molecule has 9 heteroatoms. The first-order chi connectivity index (χ1) is 13.4. The highest BCUT2D eigenvalue weighted by Gasteiger charge is 2.29. The van der Waals surface area contributed by atoms with E-state index in [4.69, 9.17) is 17.0 Å². The standard InChI is InChI=1S/C19H24N4O3S2/c1-4-11-6-7-12-14(10-11)28-17(15(12)18(25)26-5-2)22-19(27)21-16(24)13-8-9-20-23(13)3/h8-9,11H,4-7,10H2,1-3H3,(H2,21,22,24,27)/t11-/m1/s1. The summed E-state index contributed by atoms with van der Waals surface area (Å²) >= 11 is 6.83. The molecule has 3 rings (SSSR count). The summed E-state index contributed by atoms with van der Waals surface area (Å²) in [5, 5.41) is 10.4. The Kier molecular flexibility index (Phi) is 6.46. The Morgan fingerprint density at radius 2 is 2.21 bits per heavy atom. The number of carbonyl (C=O) groups is 2. The molecule has 150 valence electrons. The van der Waals surface area contributed by atoms with Crippen molar-refractivity contribution in [1.82, 2.24) is 15.1 Å². The van der Waals surface area contributed by atoms with Crippen molar-refractivity contribution in [2.75, 3.05) is 11.9 Å². The number of rotatable bonds is 5. The molecule has 0 fully saturated rings. The van der Waals surface area contributed by atoms with E-state index >= 15 is 0 Å². The number of anilines is 1. The van der Waals surface area contributed by atoms with Gasteiger partial charge in [-0.25, -0.2) is 4.79 Å². The topological polar surface area (TPSA) is 85.2 Å². The van der Waals surface area contributed by atoms with Crippen LogP contribution in [0.15, 0.2) is 12.3 Å². The Morgan fingerprint density at radius 1 is 1.43 bits per heavy atom. The molecular weight excluding hydrogens is 396 g/mol. The minimum absolute atomic E-state index is 0.141. The van der Waals surface area contributed by atoms with Crippen molar-refractivity contribution in [2.45, 2.75) is 39.5 Å². The van der Waals surface area contributed by atoms with E-state index in [1.807, 2.05) is 0 Å². The molecule has 0 saturated heterocycles. The Morgan fingerprint density at radius 3 is 2.86 bits per heavy atom. The normalized spacial score (nSPS) is 15.6. The van der Waals surface area contributed by atoms with Gasteiger partial charge in [0.2, 0.25) is 0 Å². The Balaban J connectivity index is 1.81. The van der Waals surface area contributed by atoms with Crippen LogP contribution in [0.3, 0.4) is 0 Å². The van der Waals surface area contributed by atoms with Crippen LogP contribution in [0.25, 0.3) is 0 Å². The zero-order valence-electron chi connectivity index (χ0n) is 16.2. The maximum absolute atomic E-state index is 12.6. The van der Waals surface area contributed by atoms with E-state index in [-0.39, 0.29) is 17.0 Å². The second-order valence-electron chi connectivity index (χ2n) is 6.69. The summed E-state index contributed by atoms with van der Waals surface area (Å²) in [5.41, 5.74) is 2.00. The van der Waals surface area contributed by atoms with E-state index in [1.54, 1.807) is 26.2 Å². The molecular formula is C19H24N4O3S2. The third kappa shape index (κ3) is 4.25. The summed E-state index contributed by atoms with van der Waals surface area (Å²) in [6.45, 7) is 4.29. The van der Waals surface area contributed by atoms with Gasteiger partial charge in [0, 0.05) is 18.1 Å².